The largest absolute Gasteiger partial charge is 0.417 e. The number of halogens is 4. The molecule has 1 aromatic carbocycles. The highest BCUT2D eigenvalue weighted by Crippen LogP contribution is 2.39. The van der Waals surface area contributed by atoms with Crippen molar-refractivity contribution in [1.29, 1.82) is 0 Å². The second kappa shape index (κ2) is 5.80. The molecule has 1 rings (SSSR count). The number of hydrogen-bond acceptors (Lipinski definition) is 2. The molecule has 0 amide bonds. The van der Waals surface area contributed by atoms with Crippen LogP contribution in [0.4, 0.5) is 18.9 Å². The summed E-state index contributed by atoms with van der Waals surface area (Å²) in [6, 6.07) is 2.67. The third kappa shape index (κ3) is 4.07. The molecule has 6 heteroatoms. The fourth-order valence-corrected chi connectivity index (χ4v) is 1.80. The van der Waals surface area contributed by atoms with E-state index in [1.54, 1.807) is 13.0 Å². The summed E-state index contributed by atoms with van der Waals surface area (Å²) in [6.45, 7) is 2.86. The Bertz CT molecular complexity index is 417. The number of likely N-dealkylation sites (N-methyl/N-ethyl adjacent to an activating group) is 1. The van der Waals surface area contributed by atoms with Crippen molar-refractivity contribution in [3.63, 3.8) is 0 Å². The molecule has 1 N–H and O–H groups in total. The van der Waals surface area contributed by atoms with Crippen LogP contribution in [0, 0.1) is 6.92 Å². The molecule has 0 aliphatic heterocycles. The van der Waals surface area contributed by atoms with Gasteiger partial charge in [-0.15, -0.1) is 0 Å². The molecule has 0 aliphatic carbocycles. The number of benzene rings is 1. The molecule has 0 saturated heterocycles. The van der Waals surface area contributed by atoms with Crippen molar-refractivity contribution in [3.8, 4) is 0 Å². The van der Waals surface area contributed by atoms with E-state index in [-0.39, 0.29) is 5.02 Å². The quantitative estimate of drug-likeness (QED) is 0.906. The third-order valence-electron chi connectivity index (χ3n) is 2.40. The zero-order valence-corrected chi connectivity index (χ0v) is 11.3. The van der Waals surface area contributed by atoms with Crippen LogP contribution in [0.2, 0.25) is 5.02 Å². The van der Waals surface area contributed by atoms with E-state index >= 15 is 0 Å². The number of rotatable bonds is 4. The van der Waals surface area contributed by atoms with Crippen LogP contribution >= 0.6 is 11.6 Å². The van der Waals surface area contributed by atoms with Crippen molar-refractivity contribution in [2.45, 2.75) is 13.1 Å². The summed E-state index contributed by atoms with van der Waals surface area (Å²) in [5, 5.41) is 2.65. The second-order valence-electron chi connectivity index (χ2n) is 4.40. The highest BCUT2D eigenvalue weighted by atomic mass is 35.5. The maximum Gasteiger partial charge on any atom is 0.417 e. The first-order valence-corrected chi connectivity index (χ1v) is 5.85. The van der Waals surface area contributed by atoms with Crippen LogP contribution in [-0.4, -0.2) is 32.1 Å². The van der Waals surface area contributed by atoms with Crippen LogP contribution in [0.5, 0.6) is 0 Å². The molecule has 0 aromatic heterocycles. The standard InChI is InChI=1S/C12H16ClF3N2/c1-8-6-9(12(14,15)16)11(13)10(7-8)17-4-5-18(2)3/h6-7,17H,4-5H2,1-3H3. The number of hydrogen-bond donors (Lipinski definition) is 1. The Morgan fingerprint density at radius 2 is 1.89 bits per heavy atom. The second-order valence-corrected chi connectivity index (χ2v) is 4.78. The Balaban J connectivity index is 2.95. The number of nitrogens with zero attached hydrogens (tertiary/aromatic N) is 1. The summed E-state index contributed by atoms with van der Waals surface area (Å²) in [4.78, 5) is 1.93. The fraction of sp³-hybridized carbons (Fsp3) is 0.500. The van der Waals surface area contributed by atoms with Crippen LogP contribution < -0.4 is 5.32 Å². The smallest absolute Gasteiger partial charge is 0.383 e. The Morgan fingerprint density at radius 3 is 2.39 bits per heavy atom. The van der Waals surface area contributed by atoms with E-state index in [0.29, 0.717) is 24.3 Å². The first-order chi connectivity index (χ1) is 8.21. The molecule has 0 heterocycles. The van der Waals surface area contributed by atoms with Gasteiger partial charge < -0.3 is 10.2 Å². The molecule has 1 aromatic rings. The van der Waals surface area contributed by atoms with Gasteiger partial charge in [-0.3, -0.25) is 0 Å². The molecule has 2 nitrogen and oxygen atoms in total. The van der Waals surface area contributed by atoms with Gasteiger partial charge >= 0.3 is 6.18 Å². The van der Waals surface area contributed by atoms with E-state index in [4.69, 9.17) is 11.6 Å². The third-order valence-corrected chi connectivity index (χ3v) is 2.80. The molecular formula is C12H16ClF3N2. The number of nitrogens with one attached hydrogen (secondary N) is 1. The predicted octanol–water partition coefficient (Wildman–Crippen LogP) is 3.64. The molecule has 0 unspecified atom stereocenters. The first-order valence-electron chi connectivity index (χ1n) is 5.47. The van der Waals surface area contributed by atoms with Gasteiger partial charge in [0.25, 0.3) is 0 Å². The SMILES string of the molecule is Cc1cc(NCCN(C)C)c(Cl)c(C(F)(F)F)c1. The molecule has 0 bridgehead atoms. The van der Waals surface area contributed by atoms with Crippen molar-refractivity contribution in [1.82, 2.24) is 4.90 Å². The van der Waals surface area contributed by atoms with Gasteiger partial charge in [-0.25, -0.2) is 0 Å². The lowest BCUT2D eigenvalue weighted by Gasteiger charge is -2.16. The molecule has 102 valence electrons. The lowest BCUT2D eigenvalue weighted by Crippen LogP contribution is -2.21. The number of alkyl halides is 3. The lowest BCUT2D eigenvalue weighted by atomic mass is 10.1. The molecule has 0 radical (unpaired) electrons. The zero-order chi connectivity index (χ0) is 13.9. The number of anilines is 1. The van der Waals surface area contributed by atoms with Gasteiger partial charge in [0.1, 0.15) is 0 Å². The van der Waals surface area contributed by atoms with Gasteiger partial charge in [0.05, 0.1) is 16.3 Å². The van der Waals surface area contributed by atoms with Crippen molar-refractivity contribution in [3.05, 3.63) is 28.3 Å². The van der Waals surface area contributed by atoms with E-state index in [2.05, 4.69) is 5.32 Å². The zero-order valence-electron chi connectivity index (χ0n) is 10.5. The van der Waals surface area contributed by atoms with Crippen LogP contribution in [0.15, 0.2) is 12.1 Å². The Hall–Kier alpha value is -0.940. The summed E-state index contributed by atoms with van der Waals surface area (Å²) in [5.41, 5.74) is 0.0569. The summed E-state index contributed by atoms with van der Waals surface area (Å²) < 4.78 is 38.2. The van der Waals surface area contributed by atoms with Gasteiger partial charge in [0.15, 0.2) is 0 Å². The van der Waals surface area contributed by atoms with Crippen LogP contribution in [0.25, 0.3) is 0 Å². The van der Waals surface area contributed by atoms with E-state index in [1.807, 2.05) is 19.0 Å². The highest BCUT2D eigenvalue weighted by Gasteiger charge is 2.34. The summed E-state index contributed by atoms with van der Waals surface area (Å²) in [6.07, 6.45) is -4.43. The maximum absolute atomic E-state index is 12.7. The highest BCUT2D eigenvalue weighted by molar-refractivity contribution is 6.34. The fourth-order valence-electron chi connectivity index (χ4n) is 1.52. The summed E-state index contributed by atoms with van der Waals surface area (Å²) in [5.74, 6) is 0. The van der Waals surface area contributed by atoms with Crippen molar-refractivity contribution >= 4 is 17.3 Å². The first kappa shape index (κ1) is 15.1. The van der Waals surface area contributed by atoms with E-state index in [0.717, 1.165) is 6.07 Å². The maximum atomic E-state index is 12.7. The van der Waals surface area contributed by atoms with Gasteiger partial charge in [-0.2, -0.15) is 13.2 Å². The van der Waals surface area contributed by atoms with Crippen molar-refractivity contribution < 1.29 is 13.2 Å². The molecule has 18 heavy (non-hydrogen) atoms. The Labute approximate surface area is 110 Å². The van der Waals surface area contributed by atoms with Crippen LogP contribution in [0.3, 0.4) is 0 Å². The predicted molar refractivity (Wildman–Crippen MR) is 68.2 cm³/mol. The van der Waals surface area contributed by atoms with E-state index in [9.17, 15) is 13.2 Å². The summed E-state index contributed by atoms with van der Waals surface area (Å²) in [7, 11) is 3.78. The minimum Gasteiger partial charge on any atom is -0.383 e. The van der Waals surface area contributed by atoms with E-state index in [1.165, 1.54) is 0 Å². The monoisotopic (exact) mass is 280 g/mol. The molecule has 0 aliphatic rings. The molecule has 0 saturated carbocycles. The van der Waals surface area contributed by atoms with Gasteiger partial charge in [-0.05, 0) is 38.7 Å². The topological polar surface area (TPSA) is 15.3 Å². The minimum atomic E-state index is -4.43. The van der Waals surface area contributed by atoms with Crippen LogP contribution in [-0.2, 0) is 6.18 Å². The average molecular weight is 281 g/mol. The van der Waals surface area contributed by atoms with Crippen LogP contribution in [0.1, 0.15) is 11.1 Å². The number of aryl methyl sites for hydroxylation is 1. The van der Waals surface area contributed by atoms with E-state index < -0.39 is 11.7 Å². The van der Waals surface area contributed by atoms with Gasteiger partial charge in [0.2, 0.25) is 0 Å². The lowest BCUT2D eigenvalue weighted by molar-refractivity contribution is -0.137. The molecule has 0 fully saturated rings. The Kier molecular flexibility index (Phi) is 4.87. The molecule has 0 spiro atoms. The Morgan fingerprint density at radius 1 is 1.28 bits per heavy atom. The van der Waals surface area contributed by atoms with Gasteiger partial charge in [-0.1, -0.05) is 11.6 Å². The summed E-state index contributed by atoms with van der Waals surface area (Å²) >= 11 is 5.78. The van der Waals surface area contributed by atoms with Gasteiger partial charge in [0, 0.05) is 13.1 Å². The average Bonchev–Trinajstić information content (AvgIpc) is 2.20. The van der Waals surface area contributed by atoms with Crippen molar-refractivity contribution in [2.75, 3.05) is 32.5 Å². The molecule has 0 atom stereocenters. The minimum absolute atomic E-state index is 0.271. The van der Waals surface area contributed by atoms with Crippen molar-refractivity contribution in [2.24, 2.45) is 0 Å². The normalized spacial score (nSPS) is 12.0. The molecular weight excluding hydrogens is 265 g/mol.